The zero-order valence-electron chi connectivity index (χ0n) is 16.5. The molecule has 2 heterocycles. The van der Waals surface area contributed by atoms with Crippen molar-refractivity contribution in [2.24, 2.45) is 0 Å². The first kappa shape index (κ1) is 20.3. The molecule has 0 spiro atoms. The highest BCUT2D eigenvalue weighted by Gasteiger charge is 2.25. The average molecular weight is 426 g/mol. The molecule has 3 aromatic rings. The van der Waals surface area contributed by atoms with Crippen LogP contribution in [0.4, 0.5) is 5.69 Å². The van der Waals surface area contributed by atoms with E-state index in [-0.39, 0.29) is 10.7 Å². The maximum atomic E-state index is 13.0. The Hall–Kier alpha value is -2.97. The van der Waals surface area contributed by atoms with Crippen molar-refractivity contribution in [2.75, 3.05) is 18.4 Å². The van der Waals surface area contributed by atoms with Gasteiger partial charge in [0.05, 0.1) is 4.90 Å². The topological polar surface area (TPSA) is 92.5 Å². The number of hydrogen-bond acceptors (Lipinski definition) is 5. The van der Waals surface area contributed by atoms with Gasteiger partial charge in [0.2, 0.25) is 15.8 Å². The number of benzene rings is 2. The van der Waals surface area contributed by atoms with Crippen LogP contribution in [0.1, 0.15) is 36.2 Å². The number of sulfonamides is 1. The number of aromatic nitrogens is 1. The van der Waals surface area contributed by atoms with Gasteiger partial charge < -0.3 is 9.84 Å². The van der Waals surface area contributed by atoms with Gasteiger partial charge in [0, 0.05) is 30.4 Å². The summed E-state index contributed by atoms with van der Waals surface area (Å²) in [6, 6.07) is 17.2. The molecule has 4 rings (SSSR count). The molecule has 1 N–H and O–H groups in total. The standard InChI is InChI=1S/C22H23N3O4S/c26-22(21-16-20(24-29-21)17-9-4-3-5-10-17)23-18-11-8-12-19(15-18)30(27,28)25-13-6-1-2-7-14-25/h3-5,8-12,15-16H,1-2,6-7,13-14H2,(H,23,26). The van der Waals surface area contributed by atoms with Crippen LogP contribution in [-0.4, -0.2) is 36.9 Å². The molecule has 0 atom stereocenters. The lowest BCUT2D eigenvalue weighted by molar-refractivity contribution is 0.0988. The number of carbonyl (C=O) groups is 1. The van der Waals surface area contributed by atoms with Crippen molar-refractivity contribution in [1.29, 1.82) is 0 Å². The molecule has 1 amide bonds. The molecular weight excluding hydrogens is 402 g/mol. The van der Waals surface area contributed by atoms with E-state index in [0.29, 0.717) is 24.5 Å². The van der Waals surface area contributed by atoms with Crippen LogP contribution >= 0.6 is 0 Å². The number of anilines is 1. The fraction of sp³-hybridized carbons (Fsp3) is 0.273. The number of rotatable bonds is 5. The van der Waals surface area contributed by atoms with Crippen molar-refractivity contribution >= 4 is 21.6 Å². The van der Waals surface area contributed by atoms with Crippen LogP contribution in [0, 0.1) is 0 Å². The van der Waals surface area contributed by atoms with Crippen LogP contribution in [0.5, 0.6) is 0 Å². The highest BCUT2D eigenvalue weighted by molar-refractivity contribution is 7.89. The summed E-state index contributed by atoms with van der Waals surface area (Å²) >= 11 is 0. The Morgan fingerprint density at radius 1 is 0.933 bits per heavy atom. The number of hydrogen-bond donors (Lipinski definition) is 1. The number of carbonyl (C=O) groups excluding carboxylic acids is 1. The predicted molar refractivity (Wildman–Crippen MR) is 114 cm³/mol. The second-order valence-electron chi connectivity index (χ2n) is 7.24. The van der Waals surface area contributed by atoms with Crippen LogP contribution in [0.3, 0.4) is 0 Å². The number of amides is 1. The van der Waals surface area contributed by atoms with Crippen molar-refractivity contribution in [3.63, 3.8) is 0 Å². The van der Waals surface area contributed by atoms with Crippen molar-refractivity contribution in [3.8, 4) is 11.3 Å². The van der Waals surface area contributed by atoms with Gasteiger partial charge in [-0.25, -0.2) is 8.42 Å². The van der Waals surface area contributed by atoms with Gasteiger partial charge in [-0.05, 0) is 31.0 Å². The minimum absolute atomic E-state index is 0.0506. The van der Waals surface area contributed by atoms with Gasteiger partial charge in [0.25, 0.3) is 5.91 Å². The first-order valence-corrected chi connectivity index (χ1v) is 11.4. The van der Waals surface area contributed by atoms with E-state index >= 15 is 0 Å². The van der Waals surface area contributed by atoms with Gasteiger partial charge >= 0.3 is 0 Å². The Kier molecular flexibility index (Phi) is 5.96. The lowest BCUT2D eigenvalue weighted by atomic mass is 10.1. The van der Waals surface area contributed by atoms with Crippen molar-refractivity contribution in [3.05, 3.63) is 66.4 Å². The molecule has 7 nitrogen and oxygen atoms in total. The van der Waals surface area contributed by atoms with E-state index in [2.05, 4.69) is 10.5 Å². The van der Waals surface area contributed by atoms with Gasteiger partial charge in [-0.15, -0.1) is 0 Å². The number of nitrogens with zero attached hydrogens (tertiary/aromatic N) is 2. The van der Waals surface area contributed by atoms with E-state index in [9.17, 15) is 13.2 Å². The zero-order chi connectivity index (χ0) is 21.0. The summed E-state index contributed by atoms with van der Waals surface area (Å²) in [6.07, 6.45) is 3.82. The van der Waals surface area contributed by atoms with E-state index in [1.54, 1.807) is 24.3 Å². The van der Waals surface area contributed by atoms with Crippen molar-refractivity contribution in [2.45, 2.75) is 30.6 Å². The van der Waals surface area contributed by atoms with Crippen LogP contribution < -0.4 is 5.32 Å². The van der Waals surface area contributed by atoms with Gasteiger partial charge in [-0.1, -0.05) is 54.4 Å². The van der Waals surface area contributed by atoms with Crippen LogP contribution in [0.25, 0.3) is 11.3 Å². The molecule has 1 aliphatic heterocycles. The molecule has 0 unspecified atom stereocenters. The van der Waals surface area contributed by atoms with E-state index in [1.165, 1.54) is 10.4 Å². The van der Waals surface area contributed by atoms with E-state index in [0.717, 1.165) is 31.2 Å². The van der Waals surface area contributed by atoms with Crippen LogP contribution in [0.2, 0.25) is 0 Å². The SMILES string of the molecule is O=C(Nc1cccc(S(=O)(=O)N2CCCCCC2)c1)c1cc(-c2ccccc2)no1. The summed E-state index contributed by atoms with van der Waals surface area (Å²) in [6.45, 7) is 1.05. The fourth-order valence-corrected chi connectivity index (χ4v) is 5.05. The summed E-state index contributed by atoms with van der Waals surface area (Å²) in [5, 5.41) is 6.63. The first-order valence-electron chi connectivity index (χ1n) is 9.98. The quantitative estimate of drug-likeness (QED) is 0.663. The molecule has 0 aliphatic carbocycles. The maximum Gasteiger partial charge on any atom is 0.294 e. The number of nitrogens with one attached hydrogen (secondary N) is 1. The maximum absolute atomic E-state index is 13.0. The molecule has 2 aromatic carbocycles. The minimum atomic E-state index is -3.59. The summed E-state index contributed by atoms with van der Waals surface area (Å²) in [7, 11) is -3.59. The fourth-order valence-electron chi connectivity index (χ4n) is 3.49. The molecule has 0 bridgehead atoms. The summed E-state index contributed by atoms with van der Waals surface area (Å²) in [5.41, 5.74) is 1.78. The van der Waals surface area contributed by atoms with E-state index < -0.39 is 15.9 Å². The Morgan fingerprint density at radius 2 is 1.67 bits per heavy atom. The third-order valence-corrected chi connectivity index (χ3v) is 6.99. The molecule has 1 aromatic heterocycles. The molecule has 30 heavy (non-hydrogen) atoms. The summed E-state index contributed by atoms with van der Waals surface area (Å²) in [4.78, 5) is 12.7. The average Bonchev–Trinajstić information content (AvgIpc) is 3.10. The molecule has 0 radical (unpaired) electrons. The van der Waals surface area contributed by atoms with Gasteiger partial charge in [-0.2, -0.15) is 4.31 Å². The van der Waals surface area contributed by atoms with Crippen molar-refractivity contribution in [1.82, 2.24) is 9.46 Å². The molecular formula is C22H23N3O4S. The second kappa shape index (κ2) is 8.81. The van der Waals surface area contributed by atoms with Gasteiger partial charge in [-0.3, -0.25) is 4.79 Å². The van der Waals surface area contributed by atoms with Crippen LogP contribution in [0.15, 0.2) is 70.1 Å². The molecule has 1 aliphatic rings. The highest BCUT2D eigenvalue weighted by Crippen LogP contribution is 2.24. The highest BCUT2D eigenvalue weighted by atomic mass is 32.2. The largest absolute Gasteiger partial charge is 0.350 e. The third kappa shape index (κ3) is 4.44. The van der Waals surface area contributed by atoms with E-state index in [4.69, 9.17) is 4.52 Å². The Morgan fingerprint density at radius 3 is 2.40 bits per heavy atom. The summed E-state index contributed by atoms with van der Waals surface area (Å²) < 4.78 is 32.7. The smallest absolute Gasteiger partial charge is 0.294 e. The zero-order valence-corrected chi connectivity index (χ0v) is 17.3. The molecule has 0 saturated carbocycles. The normalized spacial score (nSPS) is 15.5. The van der Waals surface area contributed by atoms with Gasteiger partial charge in [0.1, 0.15) is 5.69 Å². The second-order valence-corrected chi connectivity index (χ2v) is 9.18. The van der Waals surface area contributed by atoms with Crippen LogP contribution in [-0.2, 0) is 10.0 Å². The molecule has 8 heteroatoms. The predicted octanol–water partition coefficient (Wildman–Crippen LogP) is 4.16. The molecule has 156 valence electrons. The first-order chi connectivity index (χ1) is 14.5. The monoisotopic (exact) mass is 425 g/mol. The third-order valence-electron chi connectivity index (χ3n) is 5.10. The lowest BCUT2D eigenvalue weighted by Crippen LogP contribution is -2.32. The summed E-state index contributed by atoms with van der Waals surface area (Å²) in [5.74, 6) is -0.441. The van der Waals surface area contributed by atoms with E-state index in [1.807, 2.05) is 30.3 Å². The Labute approximate surface area is 175 Å². The Bertz CT molecular complexity index is 1120. The molecule has 1 fully saturated rings. The van der Waals surface area contributed by atoms with Crippen molar-refractivity contribution < 1.29 is 17.7 Å². The van der Waals surface area contributed by atoms with Gasteiger partial charge in [0.15, 0.2) is 0 Å². The Balaban J connectivity index is 1.50. The minimum Gasteiger partial charge on any atom is -0.350 e. The lowest BCUT2D eigenvalue weighted by Gasteiger charge is -2.20. The molecule has 1 saturated heterocycles.